The summed E-state index contributed by atoms with van der Waals surface area (Å²) in [5, 5.41) is 2.29. The first-order valence-electron chi connectivity index (χ1n) is 5.36. The highest BCUT2D eigenvalue weighted by Gasteiger charge is 2.37. The molecule has 0 unspecified atom stereocenters. The maximum absolute atomic E-state index is 11.8. The van der Waals surface area contributed by atoms with Gasteiger partial charge in [0.05, 0.1) is 5.25 Å². The first kappa shape index (κ1) is 13.4. The molecule has 7 heteroatoms. The van der Waals surface area contributed by atoms with Crippen LogP contribution in [0.5, 0.6) is 0 Å². The summed E-state index contributed by atoms with van der Waals surface area (Å²) in [6.07, 6.45) is 1.20. The molecule has 5 nitrogen and oxygen atoms in total. The molecule has 1 fully saturated rings. The minimum Gasteiger partial charge on any atom is -0.322 e. The van der Waals surface area contributed by atoms with Crippen LogP contribution in [0.2, 0.25) is 0 Å². The molecule has 1 aromatic carbocycles. The number of benzene rings is 1. The van der Waals surface area contributed by atoms with Gasteiger partial charge in [0.25, 0.3) is 0 Å². The van der Waals surface area contributed by atoms with Gasteiger partial charge >= 0.3 is 6.03 Å². The van der Waals surface area contributed by atoms with Crippen LogP contribution in [0.3, 0.4) is 0 Å². The van der Waals surface area contributed by atoms with Crippen molar-refractivity contribution in [3.05, 3.63) is 28.7 Å². The van der Waals surface area contributed by atoms with Gasteiger partial charge in [-0.3, -0.25) is 0 Å². The van der Waals surface area contributed by atoms with Crippen LogP contribution >= 0.6 is 15.9 Å². The van der Waals surface area contributed by atoms with Gasteiger partial charge in [-0.1, -0.05) is 22.0 Å². The zero-order valence-corrected chi connectivity index (χ0v) is 12.2. The third kappa shape index (κ3) is 3.02. The van der Waals surface area contributed by atoms with Crippen molar-refractivity contribution in [2.45, 2.75) is 5.25 Å². The fraction of sp³-hybridized carbons (Fsp3) is 0.364. The van der Waals surface area contributed by atoms with Crippen molar-refractivity contribution in [1.29, 1.82) is 0 Å². The van der Waals surface area contributed by atoms with Crippen LogP contribution in [0.1, 0.15) is 0 Å². The third-order valence-electron chi connectivity index (χ3n) is 2.82. The number of nitrogens with zero attached hydrogens (tertiary/aromatic N) is 1. The molecule has 0 atom stereocenters. The minimum atomic E-state index is -3.04. The quantitative estimate of drug-likeness (QED) is 0.896. The predicted octanol–water partition coefficient (Wildman–Crippen LogP) is 1.71. The van der Waals surface area contributed by atoms with Gasteiger partial charge in [-0.2, -0.15) is 0 Å². The molecular weight excluding hydrogens is 320 g/mol. The lowest BCUT2D eigenvalue weighted by molar-refractivity contribution is 0.183. The molecule has 0 spiro atoms. The van der Waals surface area contributed by atoms with Crippen LogP contribution in [0.15, 0.2) is 28.7 Å². The molecule has 1 aromatic rings. The molecule has 98 valence electrons. The van der Waals surface area contributed by atoms with Crippen molar-refractivity contribution in [2.24, 2.45) is 0 Å². The Kier molecular flexibility index (Phi) is 3.63. The van der Waals surface area contributed by atoms with Gasteiger partial charge in [0.2, 0.25) is 0 Å². The van der Waals surface area contributed by atoms with E-state index >= 15 is 0 Å². The summed E-state index contributed by atoms with van der Waals surface area (Å²) in [5.74, 6) is 0. The van der Waals surface area contributed by atoms with Gasteiger partial charge in [-0.15, -0.1) is 0 Å². The standard InChI is InChI=1S/C11H13BrN2O3S/c1-18(16,17)10-6-14(7-10)11(15)13-9-4-2-3-8(12)5-9/h2-5,10H,6-7H2,1H3,(H,13,15). The number of carbonyl (C=O) groups excluding carboxylic acids is 1. The molecule has 1 heterocycles. The molecule has 0 bridgehead atoms. The molecule has 1 N–H and O–H groups in total. The topological polar surface area (TPSA) is 66.5 Å². The van der Waals surface area contributed by atoms with E-state index in [-0.39, 0.29) is 19.1 Å². The van der Waals surface area contributed by atoms with E-state index in [1.165, 1.54) is 11.2 Å². The lowest BCUT2D eigenvalue weighted by atomic mass is 10.2. The van der Waals surface area contributed by atoms with E-state index in [9.17, 15) is 13.2 Å². The Labute approximate surface area is 114 Å². The fourth-order valence-corrected chi connectivity index (χ4v) is 2.94. The first-order chi connectivity index (χ1) is 8.36. The van der Waals surface area contributed by atoms with Crippen molar-refractivity contribution >= 4 is 37.5 Å². The average Bonchev–Trinajstić information content (AvgIpc) is 2.11. The number of nitrogens with one attached hydrogen (secondary N) is 1. The number of urea groups is 1. The van der Waals surface area contributed by atoms with E-state index in [0.29, 0.717) is 5.69 Å². The Bertz CT molecular complexity index is 567. The second-order valence-corrected chi connectivity index (χ2v) is 7.54. The number of sulfone groups is 1. The van der Waals surface area contributed by atoms with Crippen LogP contribution in [-0.2, 0) is 9.84 Å². The minimum absolute atomic E-state index is 0.263. The van der Waals surface area contributed by atoms with Crippen molar-refractivity contribution in [1.82, 2.24) is 4.90 Å². The number of carbonyl (C=O) groups is 1. The molecule has 2 amide bonds. The molecule has 1 aliphatic heterocycles. The number of hydrogen-bond acceptors (Lipinski definition) is 3. The normalized spacial score (nSPS) is 16.2. The van der Waals surface area contributed by atoms with Gasteiger partial charge in [0, 0.05) is 29.5 Å². The smallest absolute Gasteiger partial charge is 0.321 e. The maximum atomic E-state index is 11.8. The molecule has 0 aromatic heterocycles. The van der Waals surface area contributed by atoms with E-state index in [4.69, 9.17) is 0 Å². The number of anilines is 1. The first-order valence-corrected chi connectivity index (χ1v) is 8.11. The molecule has 1 saturated heterocycles. The van der Waals surface area contributed by atoms with E-state index in [1.807, 2.05) is 12.1 Å². The van der Waals surface area contributed by atoms with Gasteiger partial charge in [-0.05, 0) is 18.2 Å². The molecule has 2 rings (SSSR count). The molecule has 0 saturated carbocycles. The molecule has 0 aliphatic carbocycles. The Morgan fingerprint density at radius 2 is 2.11 bits per heavy atom. The van der Waals surface area contributed by atoms with E-state index < -0.39 is 15.1 Å². The lowest BCUT2D eigenvalue weighted by Crippen LogP contribution is -2.57. The Balaban J connectivity index is 1.92. The molecule has 0 radical (unpaired) electrons. The van der Waals surface area contributed by atoms with E-state index in [2.05, 4.69) is 21.2 Å². The summed E-state index contributed by atoms with van der Waals surface area (Å²) in [6, 6.07) is 6.96. The third-order valence-corrected chi connectivity index (χ3v) is 4.82. The predicted molar refractivity (Wildman–Crippen MR) is 73.4 cm³/mol. The number of hydrogen-bond donors (Lipinski definition) is 1. The second-order valence-electron chi connectivity index (χ2n) is 4.30. The highest BCUT2D eigenvalue weighted by atomic mass is 79.9. The van der Waals surface area contributed by atoms with Crippen LogP contribution in [-0.4, -0.2) is 43.9 Å². The van der Waals surface area contributed by atoms with Gasteiger partial charge < -0.3 is 10.2 Å². The number of amides is 2. The maximum Gasteiger partial charge on any atom is 0.321 e. The zero-order valence-electron chi connectivity index (χ0n) is 9.76. The van der Waals surface area contributed by atoms with Crippen molar-refractivity contribution in [2.75, 3.05) is 24.7 Å². The van der Waals surface area contributed by atoms with Crippen LogP contribution in [0.25, 0.3) is 0 Å². The Hall–Kier alpha value is -1.08. The number of likely N-dealkylation sites (tertiary alicyclic amines) is 1. The van der Waals surface area contributed by atoms with Crippen molar-refractivity contribution < 1.29 is 13.2 Å². The van der Waals surface area contributed by atoms with Gasteiger partial charge in [0.1, 0.15) is 0 Å². The second kappa shape index (κ2) is 4.89. The summed E-state index contributed by atoms with van der Waals surface area (Å²) in [6.45, 7) is 0.525. The summed E-state index contributed by atoms with van der Waals surface area (Å²) in [5.41, 5.74) is 0.678. The highest BCUT2D eigenvalue weighted by molar-refractivity contribution is 9.10. The molecule has 1 aliphatic rings. The molecular formula is C11H13BrN2O3S. The highest BCUT2D eigenvalue weighted by Crippen LogP contribution is 2.19. The summed E-state index contributed by atoms with van der Waals surface area (Å²) >= 11 is 3.31. The zero-order chi connectivity index (χ0) is 13.3. The number of rotatable bonds is 2. The fourth-order valence-electron chi connectivity index (χ4n) is 1.64. The Morgan fingerprint density at radius 3 is 2.67 bits per heavy atom. The van der Waals surface area contributed by atoms with E-state index in [0.717, 1.165) is 4.47 Å². The molecule has 18 heavy (non-hydrogen) atoms. The van der Waals surface area contributed by atoms with Crippen molar-refractivity contribution in [3.8, 4) is 0 Å². The van der Waals surface area contributed by atoms with Gasteiger partial charge in [0.15, 0.2) is 9.84 Å². The Morgan fingerprint density at radius 1 is 1.44 bits per heavy atom. The van der Waals surface area contributed by atoms with E-state index in [1.54, 1.807) is 12.1 Å². The van der Waals surface area contributed by atoms with Crippen LogP contribution < -0.4 is 5.32 Å². The largest absolute Gasteiger partial charge is 0.322 e. The van der Waals surface area contributed by atoms with Crippen LogP contribution in [0, 0.1) is 0 Å². The summed E-state index contributed by atoms with van der Waals surface area (Å²) in [7, 11) is -3.04. The van der Waals surface area contributed by atoms with Crippen molar-refractivity contribution in [3.63, 3.8) is 0 Å². The lowest BCUT2D eigenvalue weighted by Gasteiger charge is -2.37. The van der Waals surface area contributed by atoms with Crippen LogP contribution in [0.4, 0.5) is 10.5 Å². The number of halogens is 1. The SMILES string of the molecule is CS(=O)(=O)C1CN(C(=O)Nc2cccc(Br)c2)C1. The summed E-state index contributed by atoms with van der Waals surface area (Å²) < 4.78 is 23.3. The summed E-state index contributed by atoms with van der Waals surface area (Å²) in [4.78, 5) is 13.3. The average molecular weight is 333 g/mol. The van der Waals surface area contributed by atoms with Gasteiger partial charge in [-0.25, -0.2) is 13.2 Å². The monoisotopic (exact) mass is 332 g/mol.